The van der Waals surface area contributed by atoms with Crippen LogP contribution in [0.25, 0.3) is 0 Å². The monoisotopic (exact) mass is 305 g/mol. The molecule has 1 aliphatic rings. The van der Waals surface area contributed by atoms with Gasteiger partial charge in [0.05, 0.1) is 5.75 Å². The van der Waals surface area contributed by atoms with E-state index in [0.29, 0.717) is 12.0 Å². The molecule has 5 nitrogen and oxygen atoms in total. The molecule has 0 saturated heterocycles. The Kier molecular flexibility index (Phi) is 7.43. The predicted molar refractivity (Wildman–Crippen MR) is 84.4 cm³/mol. The first kappa shape index (κ1) is 17.9. The average molecular weight is 305 g/mol. The SMILES string of the molecule is CC(C)C(CN(C)C)NS(=O)(=O)CCCCNC1CC1. The van der Waals surface area contributed by atoms with Gasteiger partial charge in [0, 0.05) is 18.6 Å². The van der Waals surface area contributed by atoms with Crippen LogP contribution in [0.15, 0.2) is 0 Å². The first-order chi connectivity index (χ1) is 9.30. The first-order valence-electron chi connectivity index (χ1n) is 7.68. The maximum atomic E-state index is 12.1. The van der Waals surface area contributed by atoms with Gasteiger partial charge in [0.2, 0.25) is 10.0 Å². The molecule has 0 radical (unpaired) electrons. The summed E-state index contributed by atoms with van der Waals surface area (Å²) in [6.07, 6.45) is 4.21. The Bertz CT molecular complexity index is 365. The van der Waals surface area contributed by atoms with Crippen LogP contribution in [0.3, 0.4) is 0 Å². The summed E-state index contributed by atoms with van der Waals surface area (Å²) in [7, 11) is 0.770. The van der Waals surface area contributed by atoms with E-state index in [1.54, 1.807) is 0 Å². The molecule has 0 bridgehead atoms. The Labute approximate surface area is 124 Å². The van der Waals surface area contributed by atoms with Gasteiger partial charge in [0.15, 0.2) is 0 Å². The fraction of sp³-hybridized carbons (Fsp3) is 1.00. The van der Waals surface area contributed by atoms with Crippen LogP contribution in [0, 0.1) is 5.92 Å². The lowest BCUT2D eigenvalue weighted by molar-refractivity contribution is 0.314. The largest absolute Gasteiger partial charge is 0.314 e. The van der Waals surface area contributed by atoms with Crippen molar-refractivity contribution in [2.75, 3.05) is 32.9 Å². The van der Waals surface area contributed by atoms with Gasteiger partial charge in [-0.1, -0.05) is 13.8 Å². The van der Waals surface area contributed by atoms with Crippen molar-refractivity contribution in [3.63, 3.8) is 0 Å². The van der Waals surface area contributed by atoms with Crippen molar-refractivity contribution in [3.05, 3.63) is 0 Å². The van der Waals surface area contributed by atoms with Gasteiger partial charge in [0.1, 0.15) is 0 Å². The van der Waals surface area contributed by atoms with E-state index >= 15 is 0 Å². The quantitative estimate of drug-likeness (QED) is 0.560. The highest BCUT2D eigenvalue weighted by Crippen LogP contribution is 2.18. The Balaban J connectivity index is 2.25. The summed E-state index contributed by atoms with van der Waals surface area (Å²) in [5.41, 5.74) is 0. The molecule has 1 unspecified atom stereocenters. The predicted octanol–water partition coefficient (Wildman–Crippen LogP) is 1.02. The highest BCUT2D eigenvalue weighted by Gasteiger charge is 2.22. The van der Waals surface area contributed by atoms with Gasteiger partial charge in [-0.2, -0.15) is 0 Å². The third-order valence-corrected chi connectivity index (χ3v) is 5.04. The van der Waals surface area contributed by atoms with E-state index in [9.17, 15) is 8.42 Å². The molecule has 6 heteroatoms. The minimum absolute atomic E-state index is 0.0143. The molecule has 0 aromatic heterocycles. The lowest BCUT2D eigenvalue weighted by atomic mass is 10.1. The van der Waals surface area contributed by atoms with Crippen LogP contribution < -0.4 is 10.0 Å². The standard InChI is InChI=1S/C14H31N3O2S/c1-12(2)14(11-17(3)4)16-20(18,19)10-6-5-9-15-13-7-8-13/h12-16H,5-11H2,1-4H3. The Morgan fingerprint density at radius 1 is 1.20 bits per heavy atom. The average Bonchev–Trinajstić information content (AvgIpc) is 3.10. The molecule has 120 valence electrons. The van der Waals surface area contributed by atoms with Crippen LogP contribution >= 0.6 is 0 Å². The van der Waals surface area contributed by atoms with Crippen LogP contribution in [0.4, 0.5) is 0 Å². The second kappa shape index (κ2) is 8.32. The summed E-state index contributed by atoms with van der Waals surface area (Å²) in [5.74, 6) is 0.527. The minimum atomic E-state index is -3.16. The molecule has 0 spiro atoms. The van der Waals surface area contributed by atoms with Gasteiger partial charge >= 0.3 is 0 Å². The lowest BCUT2D eigenvalue weighted by Gasteiger charge is -2.25. The van der Waals surface area contributed by atoms with Gasteiger partial charge in [0.25, 0.3) is 0 Å². The zero-order chi connectivity index (χ0) is 15.2. The summed E-state index contributed by atoms with van der Waals surface area (Å²) in [4.78, 5) is 2.02. The summed E-state index contributed by atoms with van der Waals surface area (Å²) >= 11 is 0. The Hall–Kier alpha value is -0.170. The molecule has 1 saturated carbocycles. The number of unbranched alkanes of at least 4 members (excludes halogenated alkanes) is 1. The third kappa shape index (κ3) is 8.19. The smallest absolute Gasteiger partial charge is 0.211 e. The highest BCUT2D eigenvalue weighted by atomic mass is 32.2. The van der Waals surface area contributed by atoms with E-state index in [-0.39, 0.29) is 11.8 Å². The Morgan fingerprint density at radius 3 is 2.35 bits per heavy atom. The number of likely N-dealkylation sites (N-methyl/N-ethyl adjacent to an activating group) is 1. The molecule has 1 rings (SSSR count). The van der Waals surface area contributed by atoms with Crippen LogP contribution in [0.5, 0.6) is 0 Å². The zero-order valence-corrected chi connectivity index (χ0v) is 14.2. The molecule has 0 aromatic rings. The van der Waals surface area contributed by atoms with Crippen LogP contribution in [0.1, 0.15) is 39.5 Å². The molecule has 0 heterocycles. The molecule has 20 heavy (non-hydrogen) atoms. The maximum Gasteiger partial charge on any atom is 0.211 e. The van der Waals surface area contributed by atoms with Gasteiger partial charge in [-0.3, -0.25) is 0 Å². The molecule has 1 fully saturated rings. The molecule has 0 amide bonds. The molecular formula is C14H31N3O2S. The highest BCUT2D eigenvalue weighted by molar-refractivity contribution is 7.89. The number of nitrogens with one attached hydrogen (secondary N) is 2. The van der Waals surface area contributed by atoms with Crippen molar-refractivity contribution in [2.24, 2.45) is 5.92 Å². The van der Waals surface area contributed by atoms with Gasteiger partial charge in [-0.05, 0) is 52.2 Å². The second-order valence-corrected chi connectivity index (χ2v) is 8.36. The van der Waals surface area contributed by atoms with Crippen LogP contribution in [-0.4, -0.2) is 58.3 Å². The van der Waals surface area contributed by atoms with E-state index in [1.807, 2.05) is 19.0 Å². The zero-order valence-electron chi connectivity index (χ0n) is 13.4. The van der Waals surface area contributed by atoms with Crippen LogP contribution in [0.2, 0.25) is 0 Å². The molecule has 0 aliphatic heterocycles. The first-order valence-corrected chi connectivity index (χ1v) is 9.33. The van der Waals surface area contributed by atoms with Crippen LogP contribution in [-0.2, 0) is 10.0 Å². The molecular weight excluding hydrogens is 274 g/mol. The number of hydrogen-bond acceptors (Lipinski definition) is 4. The summed E-state index contributed by atoms with van der Waals surface area (Å²) < 4.78 is 27.0. The summed E-state index contributed by atoms with van der Waals surface area (Å²) in [6.45, 7) is 5.78. The lowest BCUT2D eigenvalue weighted by Crippen LogP contribution is -2.45. The number of sulfonamides is 1. The second-order valence-electron chi connectivity index (χ2n) is 6.48. The third-order valence-electron chi connectivity index (χ3n) is 3.55. The van der Waals surface area contributed by atoms with E-state index in [4.69, 9.17) is 0 Å². The van der Waals surface area contributed by atoms with Gasteiger partial charge < -0.3 is 10.2 Å². The van der Waals surface area contributed by atoms with Gasteiger partial charge in [-0.15, -0.1) is 0 Å². The van der Waals surface area contributed by atoms with Crippen molar-refractivity contribution in [3.8, 4) is 0 Å². The van der Waals surface area contributed by atoms with E-state index in [1.165, 1.54) is 12.8 Å². The van der Waals surface area contributed by atoms with Gasteiger partial charge in [-0.25, -0.2) is 13.1 Å². The Morgan fingerprint density at radius 2 is 1.85 bits per heavy atom. The molecule has 2 N–H and O–H groups in total. The topological polar surface area (TPSA) is 61.4 Å². The normalized spacial score (nSPS) is 17.9. The number of rotatable bonds is 11. The van der Waals surface area contributed by atoms with Crippen molar-refractivity contribution in [1.29, 1.82) is 0 Å². The van der Waals surface area contributed by atoms with Crippen molar-refractivity contribution < 1.29 is 8.42 Å². The van der Waals surface area contributed by atoms with Crippen molar-refractivity contribution in [2.45, 2.75) is 51.6 Å². The number of nitrogens with zero attached hydrogens (tertiary/aromatic N) is 1. The maximum absolute atomic E-state index is 12.1. The molecule has 0 aromatic carbocycles. The fourth-order valence-electron chi connectivity index (χ4n) is 2.08. The summed E-state index contributed by atoms with van der Waals surface area (Å²) in [6, 6.07) is 0.690. The van der Waals surface area contributed by atoms with E-state index in [0.717, 1.165) is 25.9 Å². The van der Waals surface area contributed by atoms with Crippen molar-refractivity contribution >= 4 is 10.0 Å². The minimum Gasteiger partial charge on any atom is -0.314 e. The fourth-order valence-corrected chi connectivity index (χ4v) is 3.59. The molecule has 1 aliphatic carbocycles. The number of hydrogen-bond donors (Lipinski definition) is 2. The summed E-state index contributed by atoms with van der Waals surface area (Å²) in [5, 5.41) is 3.41. The van der Waals surface area contributed by atoms with E-state index < -0.39 is 10.0 Å². The molecule has 1 atom stereocenters. The van der Waals surface area contributed by atoms with E-state index in [2.05, 4.69) is 23.9 Å². The van der Waals surface area contributed by atoms with Crippen molar-refractivity contribution in [1.82, 2.24) is 14.9 Å².